The third kappa shape index (κ3) is 3.11. The van der Waals surface area contributed by atoms with E-state index in [9.17, 15) is 4.79 Å². The fourth-order valence-corrected chi connectivity index (χ4v) is 2.33. The fourth-order valence-electron chi connectivity index (χ4n) is 1.80. The Hall–Kier alpha value is -1.79. The number of methoxy groups -OCH3 is 2. The number of hydrogen-bond donors (Lipinski definition) is 1. The van der Waals surface area contributed by atoms with Crippen LogP contribution in [0.4, 0.5) is 5.69 Å². The van der Waals surface area contributed by atoms with Gasteiger partial charge in [-0.25, -0.2) is 9.78 Å². The summed E-state index contributed by atoms with van der Waals surface area (Å²) in [5, 5.41) is 0.0690. The number of halogens is 2. The van der Waals surface area contributed by atoms with Gasteiger partial charge in [-0.15, -0.1) is 0 Å². The van der Waals surface area contributed by atoms with Crippen LogP contribution in [0, 0.1) is 0 Å². The predicted octanol–water partition coefficient (Wildman–Crippen LogP) is 3.54. The van der Waals surface area contributed by atoms with E-state index in [1.54, 1.807) is 19.2 Å². The second-order valence-electron chi connectivity index (χ2n) is 4.10. The van der Waals surface area contributed by atoms with Crippen LogP contribution in [-0.2, 0) is 4.74 Å². The van der Waals surface area contributed by atoms with Crippen molar-refractivity contribution < 1.29 is 14.3 Å². The van der Waals surface area contributed by atoms with E-state index in [2.05, 4.69) is 25.7 Å². The van der Waals surface area contributed by atoms with Crippen molar-refractivity contribution in [3.63, 3.8) is 0 Å². The molecule has 0 fully saturated rings. The zero-order valence-electron chi connectivity index (χ0n) is 11.3. The van der Waals surface area contributed by atoms with Crippen molar-refractivity contribution in [2.24, 2.45) is 0 Å². The molecule has 5 nitrogen and oxygen atoms in total. The van der Waals surface area contributed by atoms with Gasteiger partial charge in [-0.1, -0.05) is 27.5 Å². The fraction of sp³-hybridized carbons (Fsp3) is 0.143. The van der Waals surface area contributed by atoms with Crippen molar-refractivity contribution >= 4 is 39.2 Å². The minimum absolute atomic E-state index is 0.0313. The maximum absolute atomic E-state index is 11.7. The molecule has 0 aliphatic rings. The summed E-state index contributed by atoms with van der Waals surface area (Å²) in [5.41, 5.74) is 7.21. The lowest BCUT2D eigenvalue weighted by Crippen LogP contribution is -2.08. The lowest BCUT2D eigenvalue weighted by atomic mass is 10.1. The number of nitrogens with two attached hydrogens (primary N) is 1. The number of pyridine rings is 1. The molecule has 0 unspecified atom stereocenters. The van der Waals surface area contributed by atoms with Crippen LogP contribution in [0.25, 0.3) is 11.3 Å². The predicted molar refractivity (Wildman–Crippen MR) is 84.7 cm³/mol. The molecule has 110 valence electrons. The van der Waals surface area contributed by atoms with Gasteiger partial charge >= 0.3 is 5.97 Å². The standard InChI is InChI=1S/C14H12BrClN2O3/c1-20-11-4-3-7(15)5-8(11)10-6-9(17)12(16)13(18-10)14(19)21-2/h3-6H,1-2H3,(H2,17,18). The Morgan fingerprint density at radius 2 is 2.05 bits per heavy atom. The molecule has 7 heteroatoms. The smallest absolute Gasteiger partial charge is 0.358 e. The summed E-state index contributed by atoms with van der Waals surface area (Å²) in [4.78, 5) is 16.0. The van der Waals surface area contributed by atoms with Crippen LogP contribution in [0.15, 0.2) is 28.7 Å². The molecule has 0 bridgehead atoms. The highest BCUT2D eigenvalue weighted by molar-refractivity contribution is 9.10. The minimum Gasteiger partial charge on any atom is -0.496 e. The Morgan fingerprint density at radius 3 is 2.67 bits per heavy atom. The summed E-state index contributed by atoms with van der Waals surface area (Å²) in [5.74, 6) is -0.0502. The average molecular weight is 372 g/mol. The van der Waals surface area contributed by atoms with E-state index in [1.165, 1.54) is 7.11 Å². The van der Waals surface area contributed by atoms with Crippen molar-refractivity contribution in [2.45, 2.75) is 0 Å². The molecule has 1 aromatic carbocycles. The summed E-state index contributed by atoms with van der Waals surface area (Å²) in [6.07, 6.45) is 0. The topological polar surface area (TPSA) is 74.4 Å². The molecule has 0 atom stereocenters. The number of anilines is 1. The van der Waals surface area contributed by atoms with Gasteiger partial charge in [0.1, 0.15) is 5.75 Å². The molecule has 21 heavy (non-hydrogen) atoms. The van der Waals surface area contributed by atoms with Gasteiger partial charge in [-0.05, 0) is 24.3 Å². The molecule has 0 saturated heterocycles. The molecule has 0 spiro atoms. The Balaban J connectivity index is 2.68. The van der Waals surface area contributed by atoms with Crippen LogP contribution in [0.2, 0.25) is 5.02 Å². The van der Waals surface area contributed by atoms with Crippen molar-refractivity contribution in [2.75, 3.05) is 20.0 Å². The van der Waals surface area contributed by atoms with E-state index < -0.39 is 5.97 Å². The normalized spacial score (nSPS) is 10.3. The van der Waals surface area contributed by atoms with Crippen molar-refractivity contribution in [1.82, 2.24) is 4.98 Å². The summed E-state index contributed by atoms with van der Waals surface area (Å²) in [7, 11) is 2.80. The number of hydrogen-bond acceptors (Lipinski definition) is 5. The summed E-state index contributed by atoms with van der Waals surface area (Å²) in [6.45, 7) is 0. The van der Waals surface area contributed by atoms with E-state index in [4.69, 9.17) is 22.1 Å². The molecule has 2 rings (SSSR count). The van der Waals surface area contributed by atoms with Gasteiger partial charge in [0.15, 0.2) is 5.69 Å². The molecule has 0 aliphatic carbocycles. The number of benzene rings is 1. The molecule has 1 heterocycles. The number of carbonyl (C=O) groups is 1. The van der Waals surface area contributed by atoms with Gasteiger partial charge in [0.2, 0.25) is 0 Å². The first-order valence-electron chi connectivity index (χ1n) is 5.86. The zero-order valence-corrected chi connectivity index (χ0v) is 13.7. The molecule has 2 aromatic rings. The van der Waals surface area contributed by atoms with Gasteiger partial charge in [0.05, 0.1) is 30.6 Å². The number of nitrogen functional groups attached to an aromatic ring is 1. The number of ether oxygens (including phenoxy) is 2. The van der Waals surface area contributed by atoms with E-state index in [1.807, 2.05) is 12.1 Å². The molecule has 2 N–H and O–H groups in total. The van der Waals surface area contributed by atoms with E-state index in [0.29, 0.717) is 17.0 Å². The van der Waals surface area contributed by atoms with Crippen LogP contribution in [0.3, 0.4) is 0 Å². The first kappa shape index (κ1) is 15.6. The number of esters is 1. The largest absolute Gasteiger partial charge is 0.496 e. The second kappa shape index (κ2) is 6.32. The highest BCUT2D eigenvalue weighted by Crippen LogP contribution is 2.35. The van der Waals surface area contributed by atoms with Gasteiger partial charge < -0.3 is 15.2 Å². The molecule has 0 amide bonds. The van der Waals surface area contributed by atoms with Gasteiger partial charge in [-0.3, -0.25) is 0 Å². The van der Waals surface area contributed by atoms with Gasteiger partial charge in [-0.2, -0.15) is 0 Å². The van der Waals surface area contributed by atoms with Crippen LogP contribution >= 0.6 is 27.5 Å². The Bertz CT molecular complexity index is 707. The summed E-state index contributed by atoms with van der Waals surface area (Å²) in [6, 6.07) is 7.02. The van der Waals surface area contributed by atoms with Crippen LogP contribution in [-0.4, -0.2) is 25.2 Å². The molecule has 0 saturated carbocycles. The first-order valence-corrected chi connectivity index (χ1v) is 7.03. The van der Waals surface area contributed by atoms with E-state index >= 15 is 0 Å². The Labute approximate surface area is 135 Å². The van der Waals surface area contributed by atoms with Gasteiger partial charge in [0.25, 0.3) is 0 Å². The number of nitrogens with zero attached hydrogens (tertiary/aromatic N) is 1. The molecular weight excluding hydrogens is 360 g/mol. The SMILES string of the molecule is COC(=O)c1nc(-c2cc(Br)ccc2OC)cc(N)c1Cl. The number of rotatable bonds is 3. The van der Waals surface area contributed by atoms with Crippen LogP contribution in [0.5, 0.6) is 5.75 Å². The van der Waals surface area contributed by atoms with Crippen molar-refractivity contribution in [3.05, 3.63) is 39.5 Å². The summed E-state index contributed by atoms with van der Waals surface area (Å²) < 4.78 is 10.8. The first-order chi connectivity index (χ1) is 9.97. The Morgan fingerprint density at radius 1 is 1.33 bits per heavy atom. The number of aromatic nitrogens is 1. The lowest BCUT2D eigenvalue weighted by molar-refractivity contribution is 0.0594. The highest BCUT2D eigenvalue weighted by Gasteiger charge is 2.19. The van der Waals surface area contributed by atoms with E-state index in [0.717, 1.165) is 4.47 Å². The highest BCUT2D eigenvalue weighted by atomic mass is 79.9. The lowest BCUT2D eigenvalue weighted by Gasteiger charge is -2.11. The Kier molecular flexibility index (Phi) is 4.69. The maximum Gasteiger partial charge on any atom is 0.358 e. The maximum atomic E-state index is 11.7. The second-order valence-corrected chi connectivity index (χ2v) is 5.39. The quantitative estimate of drug-likeness (QED) is 0.835. The minimum atomic E-state index is -0.650. The zero-order chi connectivity index (χ0) is 15.6. The molecule has 1 aromatic heterocycles. The third-order valence-corrected chi connectivity index (χ3v) is 3.69. The van der Waals surface area contributed by atoms with E-state index in [-0.39, 0.29) is 16.4 Å². The van der Waals surface area contributed by atoms with Crippen LogP contribution in [0.1, 0.15) is 10.5 Å². The van der Waals surface area contributed by atoms with Gasteiger partial charge in [0, 0.05) is 10.0 Å². The van der Waals surface area contributed by atoms with Crippen LogP contribution < -0.4 is 10.5 Å². The average Bonchev–Trinajstić information content (AvgIpc) is 2.49. The molecule has 0 radical (unpaired) electrons. The molecular formula is C14H12BrClN2O3. The molecule has 0 aliphatic heterocycles. The number of carbonyl (C=O) groups excluding carboxylic acids is 1. The van der Waals surface area contributed by atoms with Crippen molar-refractivity contribution in [1.29, 1.82) is 0 Å². The monoisotopic (exact) mass is 370 g/mol. The third-order valence-electron chi connectivity index (χ3n) is 2.80. The van der Waals surface area contributed by atoms with Crippen molar-refractivity contribution in [3.8, 4) is 17.0 Å². The summed E-state index contributed by atoms with van der Waals surface area (Å²) >= 11 is 9.39.